The number of thiophene rings is 1. The number of rotatable bonds is 4. The number of nitrogens with one attached hydrogen (secondary N) is 2. The van der Waals surface area contributed by atoms with E-state index < -0.39 is 10.0 Å². The lowest BCUT2D eigenvalue weighted by molar-refractivity contribution is 0.583. The van der Waals surface area contributed by atoms with E-state index in [1.54, 1.807) is 17.5 Å². The Morgan fingerprint density at radius 1 is 1.25 bits per heavy atom. The minimum absolute atomic E-state index is 0.292. The number of aryl methyl sites for hydroxylation is 1. The number of aromatic amines is 1. The van der Waals surface area contributed by atoms with Crippen molar-refractivity contribution in [1.82, 2.24) is 9.71 Å². The van der Waals surface area contributed by atoms with Gasteiger partial charge in [0.25, 0.3) is 0 Å². The third-order valence-corrected chi connectivity index (χ3v) is 5.84. The molecular formula is C14H14N2O2S2. The molecule has 0 aliphatic rings. The monoisotopic (exact) mass is 306 g/mol. The summed E-state index contributed by atoms with van der Waals surface area (Å²) in [6, 6.07) is 11.3. The smallest absolute Gasteiger partial charge is 0.250 e. The van der Waals surface area contributed by atoms with Crippen LogP contribution in [0.2, 0.25) is 0 Å². The lowest BCUT2D eigenvalue weighted by atomic mass is 10.1. The fourth-order valence-electron chi connectivity index (χ4n) is 2.10. The summed E-state index contributed by atoms with van der Waals surface area (Å²) < 4.78 is 27.0. The Morgan fingerprint density at radius 3 is 2.85 bits per heavy atom. The van der Waals surface area contributed by atoms with Crippen LogP contribution in [0, 0.1) is 6.92 Å². The van der Waals surface area contributed by atoms with Gasteiger partial charge >= 0.3 is 0 Å². The minimum atomic E-state index is -3.40. The summed E-state index contributed by atoms with van der Waals surface area (Å²) in [5.74, 6) is 0. The molecule has 0 amide bonds. The van der Waals surface area contributed by atoms with Gasteiger partial charge in [0.05, 0.1) is 0 Å². The van der Waals surface area contributed by atoms with Gasteiger partial charge in [-0.15, -0.1) is 11.3 Å². The number of H-pyrrole nitrogens is 1. The van der Waals surface area contributed by atoms with Crippen LogP contribution in [0.3, 0.4) is 0 Å². The number of fused-ring (bicyclic) bond motifs is 1. The maximum atomic E-state index is 12.0. The van der Waals surface area contributed by atoms with Crippen LogP contribution >= 0.6 is 11.3 Å². The first-order valence-corrected chi connectivity index (χ1v) is 8.52. The van der Waals surface area contributed by atoms with Crippen LogP contribution in [0.5, 0.6) is 0 Å². The van der Waals surface area contributed by atoms with Gasteiger partial charge in [-0.25, -0.2) is 13.1 Å². The van der Waals surface area contributed by atoms with Crippen LogP contribution in [0.4, 0.5) is 0 Å². The van der Waals surface area contributed by atoms with Gasteiger partial charge in [-0.3, -0.25) is 0 Å². The van der Waals surface area contributed by atoms with Gasteiger partial charge in [0.2, 0.25) is 10.0 Å². The predicted molar refractivity (Wildman–Crippen MR) is 81.4 cm³/mol. The molecule has 104 valence electrons. The lowest BCUT2D eigenvalue weighted by Crippen LogP contribution is -2.22. The molecular weight excluding hydrogens is 292 g/mol. The molecule has 6 heteroatoms. The molecule has 2 aromatic heterocycles. The third kappa shape index (κ3) is 2.63. The first kappa shape index (κ1) is 13.4. The van der Waals surface area contributed by atoms with Crippen molar-refractivity contribution in [3.05, 3.63) is 53.0 Å². The molecule has 4 nitrogen and oxygen atoms in total. The van der Waals surface area contributed by atoms with Crippen LogP contribution in [-0.4, -0.2) is 13.4 Å². The maximum absolute atomic E-state index is 12.0. The lowest BCUT2D eigenvalue weighted by Gasteiger charge is -2.05. The van der Waals surface area contributed by atoms with Crippen molar-refractivity contribution in [2.45, 2.75) is 17.7 Å². The van der Waals surface area contributed by atoms with E-state index in [1.807, 2.05) is 31.2 Å². The van der Waals surface area contributed by atoms with Crippen molar-refractivity contribution in [2.75, 3.05) is 0 Å². The maximum Gasteiger partial charge on any atom is 0.250 e. The second kappa shape index (κ2) is 5.05. The van der Waals surface area contributed by atoms with E-state index in [1.165, 1.54) is 11.3 Å². The van der Waals surface area contributed by atoms with Crippen molar-refractivity contribution in [3.8, 4) is 0 Å². The second-order valence-electron chi connectivity index (χ2n) is 4.63. The fraction of sp³-hybridized carbons (Fsp3) is 0.143. The zero-order valence-electron chi connectivity index (χ0n) is 10.9. The van der Waals surface area contributed by atoms with Crippen LogP contribution in [-0.2, 0) is 16.6 Å². The largest absolute Gasteiger partial charge is 0.359 e. The van der Waals surface area contributed by atoms with E-state index in [-0.39, 0.29) is 0 Å². The van der Waals surface area contributed by atoms with E-state index in [0.29, 0.717) is 10.8 Å². The number of hydrogen-bond donors (Lipinski definition) is 2. The molecule has 0 saturated heterocycles. The van der Waals surface area contributed by atoms with Crippen LogP contribution in [0.1, 0.15) is 11.3 Å². The van der Waals surface area contributed by atoms with Gasteiger partial charge in [0.1, 0.15) is 4.21 Å². The van der Waals surface area contributed by atoms with E-state index >= 15 is 0 Å². The van der Waals surface area contributed by atoms with Crippen molar-refractivity contribution < 1.29 is 8.42 Å². The highest BCUT2D eigenvalue weighted by Crippen LogP contribution is 2.18. The Morgan fingerprint density at radius 2 is 2.10 bits per heavy atom. The SMILES string of the molecule is Cc1cc2cc(CNS(=O)(=O)c3cccs3)ccc2[nH]1. The van der Waals surface area contributed by atoms with Gasteiger partial charge < -0.3 is 4.98 Å². The molecule has 0 unspecified atom stereocenters. The highest BCUT2D eigenvalue weighted by Gasteiger charge is 2.14. The first-order chi connectivity index (χ1) is 9.54. The van der Waals surface area contributed by atoms with Gasteiger partial charge in [-0.1, -0.05) is 12.1 Å². The molecule has 0 atom stereocenters. The predicted octanol–water partition coefficient (Wildman–Crippen LogP) is 3.02. The van der Waals surface area contributed by atoms with Gasteiger partial charge in [-0.05, 0) is 47.5 Å². The molecule has 0 saturated carbocycles. The van der Waals surface area contributed by atoms with Gasteiger partial charge in [0.15, 0.2) is 0 Å². The standard InChI is InChI=1S/C14H14N2O2S2/c1-10-7-12-8-11(4-5-13(12)16-10)9-15-20(17,18)14-3-2-6-19-14/h2-8,15-16H,9H2,1H3. The summed E-state index contributed by atoms with van der Waals surface area (Å²) in [5.41, 5.74) is 3.10. The zero-order chi connectivity index (χ0) is 14.2. The Balaban J connectivity index is 1.80. The molecule has 2 N–H and O–H groups in total. The summed E-state index contributed by atoms with van der Waals surface area (Å²) in [6.07, 6.45) is 0. The van der Waals surface area contributed by atoms with E-state index in [2.05, 4.69) is 9.71 Å². The average Bonchev–Trinajstić information content (AvgIpc) is 3.04. The Kier molecular flexibility index (Phi) is 3.37. The molecule has 0 fully saturated rings. The number of benzene rings is 1. The highest BCUT2D eigenvalue weighted by molar-refractivity contribution is 7.91. The van der Waals surface area contributed by atoms with Gasteiger partial charge in [0, 0.05) is 17.8 Å². The third-order valence-electron chi connectivity index (χ3n) is 3.05. The van der Waals surface area contributed by atoms with Crippen molar-refractivity contribution in [2.24, 2.45) is 0 Å². The van der Waals surface area contributed by atoms with Crippen molar-refractivity contribution in [1.29, 1.82) is 0 Å². The molecule has 0 radical (unpaired) electrons. The number of sulfonamides is 1. The highest BCUT2D eigenvalue weighted by atomic mass is 32.2. The van der Waals surface area contributed by atoms with Crippen LogP contribution < -0.4 is 4.72 Å². The average molecular weight is 306 g/mol. The Hall–Kier alpha value is -1.63. The van der Waals surface area contributed by atoms with E-state index in [4.69, 9.17) is 0 Å². The molecule has 3 rings (SSSR count). The van der Waals surface area contributed by atoms with Gasteiger partial charge in [-0.2, -0.15) is 0 Å². The normalized spacial score (nSPS) is 12.1. The fourth-order valence-corrected chi connectivity index (χ4v) is 4.16. The number of hydrogen-bond acceptors (Lipinski definition) is 3. The van der Waals surface area contributed by atoms with Crippen LogP contribution in [0.15, 0.2) is 46.0 Å². The summed E-state index contributed by atoms with van der Waals surface area (Å²) in [7, 11) is -3.40. The Bertz CT molecular complexity index is 833. The molecule has 0 spiro atoms. The molecule has 2 heterocycles. The molecule has 0 bridgehead atoms. The quantitative estimate of drug-likeness (QED) is 0.778. The van der Waals surface area contributed by atoms with Crippen LogP contribution in [0.25, 0.3) is 10.9 Å². The second-order valence-corrected chi connectivity index (χ2v) is 7.57. The molecule has 0 aliphatic heterocycles. The first-order valence-electron chi connectivity index (χ1n) is 6.16. The zero-order valence-corrected chi connectivity index (χ0v) is 12.5. The Labute approximate surface area is 121 Å². The number of aromatic nitrogens is 1. The molecule has 1 aromatic carbocycles. The van der Waals surface area contributed by atoms with E-state index in [0.717, 1.165) is 22.2 Å². The summed E-state index contributed by atoms with van der Waals surface area (Å²) in [5, 5.41) is 2.85. The minimum Gasteiger partial charge on any atom is -0.359 e. The topological polar surface area (TPSA) is 62.0 Å². The summed E-state index contributed by atoms with van der Waals surface area (Å²) in [4.78, 5) is 3.24. The summed E-state index contributed by atoms with van der Waals surface area (Å²) in [6.45, 7) is 2.29. The molecule has 20 heavy (non-hydrogen) atoms. The van der Waals surface area contributed by atoms with E-state index in [9.17, 15) is 8.42 Å². The summed E-state index contributed by atoms with van der Waals surface area (Å²) >= 11 is 1.22. The molecule has 3 aromatic rings. The van der Waals surface area contributed by atoms with Crippen molar-refractivity contribution in [3.63, 3.8) is 0 Å². The van der Waals surface area contributed by atoms with Crippen molar-refractivity contribution >= 4 is 32.3 Å². The molecule has 0 aliphatic carbocycles.